The average Bonchev–Trinajstić information content (AvgIpc) is 3.06. The smallest absolute Gasteiger partial charge is 0.257 e. The van der Waals surface area contributed by atoms with Gasteiger partial charge in [0.15, 0.2) is 0 Å². The van der Waals surface area contributed by atoms with Crippen molar-refractivity contribution in [1.82, 2.24) is 25.0 Å². The van der Waals surface area contributed by atoms with Crippen LogP contribution < -0.4 is 0 Å². The van der Waals surface area contributed by atoms with Gasteiger partial charge in [-0.3, -0.25) is 9.67 Å². The number of allylic oxidation sites excluding steroid dienone is 2. The number of aromatic nitrogens is 5. The van der Waals surface area contributed by atoms with E-state index < -0.39 is 6.43 Å². The first-order valence-electron chi connectivity index (χ1n) is 6.66. The molecule has 0 bridgehead atoms. The van der Waals surface area contributed by atoms with Crippen LogP contribution in [0.1, 0.15) is 17.3 Å². The molecule has 0 aliphatic rings. The van der Waals surface area contributed by atoms with E-state index >= 15 is 0 Å². The number of rotatable bonds is 5. The lowest BCUT2D eigenvalue weighted by Crippen LogP contribution is -2.02. The number of hydrogen-bond donors (Lipinski definition) is 0. The van der Waals surface area contributed by atoms with E-state index in [1.54, 1.807) is 24.0 Å². The van der Waals surface area contributed by atoms with Gasteiger partial charge in [-0.2, -0.15) is 5.10 Å². The third kappa shape index (κ3) is 3.16. The van der Waals surface area contributed by atoms with Crippen LogP contribution in [0.4, 0.5) is 8.78 Å². The Morgan fingerprint density at radius 1 is 1.32 bits per heavy atom. The number of aryl methyl sites for hydroxylation is 1. The molecule has 0 aliphatic heterocycles. The van der Waals surface area contributed by atoms with Crippen molar-refractivity contribution in [3.63, 3.8) is 0 Å². The molecule has 3 rings (SSSR count). The van der Waals surface area contributed by atoms with Crippen LogP contribution >= 0.6 is 0 Å². The minimum Gasteiger partial charge on any atom is -0.424 e. The third-order valence-corrected chi connectivity index (χ3v) is 3.04. The van der Waals surface area contributed by atoms with Crippen molar-refractivity contribution in [2.24, 2.45) is 0 Å². The molecule has 0 atom stereocenters. The van der Waals surface area contributed by atoms with E-state index in [0.29, 0.717) is 24.7 Å². The maximum atomic E-state index is 12.1. The normalized spacial score (nSPS) is 12.0. The number of alkyl halides is 2. The molecule has 3 aromatic heterocycles. The van der Waals surface area contributed by atoms with Crippen molar-refractivity contribution in [1.29, 1.82) is 0 Å². The molecule has 0 fully saturated rings. The van der Waals surface area contributed by atoms with E-state index in [1.165, 1.54) is 6.08 Å². The van der Waals surface area contributed by atoms with Crippen LogP contribution in [0.5, 0.6) is 0 Å². The highest BCUT2D eigenvalue weighted by molar-refractivity contribution is 5.74. The minimum atomic E-state index is -2.44. The fourth-order valence-corrected chi connectivity index (χ4v) is 2.07. The monoisotopic (exact) mass is 305 g/mol. The summed E-state index contributed by atoms with van der Waals surface area (Å²) in [5.74, 6) is 0.938. The van der Waals surface area contributed by atoms with Crippen LogP contribution in [0.3, 0.4) is 0 Å². The lowest BCUT2D eigenvalue weighted by atomic mass is 10.2. The Balaban J connectivity index is 1.85. The van der Waals surface area contributed by atoms with Gasteiger partial charge >= 0.3 is 0 Å². The van der Waals surface area contributed by atoms with Gasteiger partial charge in [0.25, 0.3) is 6.43 Å². The molecule has 0 aromatic carbocycles. The zero-order chi connectivity index (χ0) is 15.5. The molecule has 0 saturated carbocycles. The molecule has 0 amide bonds. The van der Waals surface area contributed by atoms with E-state index in [1.807, 2.05) is 6.07 Å². The SMILES string of the molecule is Cc1nnc(Cn2ncc3ncc(C/C=C/C(F)F)cc32)o1. The Labute approximate surface area is 124 Å². The summed E-state index contributed by atoms with van der Waals surface area (Å²) in [4.78, 5) is 4.28. The summed E-state index contributed by atoms with van der Waals surface area (Å²) in [5, 5.41) is 11.9. The molecule has 8 heteroatoms. The predicted octanol–water partition coefficient (Wildman–Crippen LogP) is 2.53. The highest BCUT2D eigenvalue weighted by Gasteiger charge is 2.09. The first-order chi connectivity index (χ1) is 10.6. The van der Waals surface area contributed by atoms with Gasteiger partial charge in [0.05, 0.1) is 11.7 Å². The van der Waals surface area contributed by atoms with Crippen molar-refractivity contribution >= 4 is 11.0 Å². The molecular formula is C14H13F2N5O. The molecule has 3 heterocycles. The quantitative estimate of drug-likeness (QED) is 0.677. The highest BCUT2D eigenvalue weighted by atomic mass is 19.3. The number of fused-ring (bicyclic) bond motifs is 1. The molecule has 0 saturated heterocycles. The molecule has 22 heavy (non-hydrogen) atoms. The maximum absolute atomic E-state index is 12.1. The Hall–Kier alpha value is -2.64. The van der Waals surface area contributed by atoms with Crippen LogP contribution in [0, 0.1) is 6.92 Å². The van der Waals surface area contributed by atoms with Gasteiger partial charge in [0, 0.05) is 13.1 Å². The fourth-order valence-electron chi connectivity index (χ4n) is 2.07. The molecule has 6 nitrogen and oxygen atoms in total. The predicted molar refractivity (Wildman–Crippen MR) is 74.5 cm³/mol. The minimum absolute atomic E-state index is 0.336. The van der Waals surface area contributed by atoms with Crippen molar-refractivity contribution in [2.75, 3.05) is 0 Å². The standard InChI is InChI=1S/C14H13F2N5O/c1-9-19-20-14(22-9)8-21-12-5-10(3-2-4-13(15)16)6-17-11(12)7-18-21/h2,4-7,13H,3,8H2,1H3/b4-2+. The molecule has 114 valence electrons. The second-order valence-corrected chi connectivity index (χ2v) is 4.73. The van der Waals surface area contributed by atoms with Crippen LogP contribution in [-0.4, -0.2) is 31.4 Å². The summed E-state index contributed by atoms with van der Waals surface area (Å²) in [7, 11) is 0. The summed E-state index contributed by atoms with van der Waals surface area (Å²) >= 11 is 0. The van der Waals surface area contributed by atoms with E-state index in [4.69, 9.17) is 4.42 Å². The van der Waals surface area contributed by atoms with Crippen LogP contribution in [0.2, 0.25) is 0 Å². The highest BCUT2D eigenvalue weighted by Crippen LogP contribution is 2.15. The molecular weight excluding hydrogens is 292 g/mol. The zero-order valence-corrected chi connectivity index (χ0v) is 11.8. The van der Waals surface area contributed by atoms with E-state index in [9.17, 15) is 8.78 Å². The Bertz CT molecular complexity index is 809. The van der Waals surface area contributed by atoms with Gasteiger partial charge in [0.2, 0.25) is 11.8 Å². The lowest BCUT2D eigenvalue weighted by molar-refractivity contribution is 0.204. The van der Waals surface area contributed by atoms with Crippen molar-refractivity contribution in [3.05, 3.63) is 48.0 Å². The second-order valence-electron chi connectivity index (χ2n) is 4.73. The topological polar surface area (TPSA) is 69.6 Å². The van der Waals surface area contributed by atoms with Gasteiger partial charge in [-0.1, -0.05) is 6.08 Å². The van der Waals surface area contributed by atoms with Crippen LogP contribution in [0.25, 0.3) is 11.0 Å². The summed E-state index contributed by atoms with van der Waals surface area (Å²) in [6.45, 7) is 2.05. The van der Waals surface area contributed by atoms with Crippen molar-refractivity contribution in [2.45, 2.75) is 26.3 Å². The average molecular weight is 305 g/mol. The zero-order valence-electron chi connectivity index (χ0n) is 11.8. The number of halogens is 2. The molecule has 0 spiro atoms. The van der Waals surface area contributed by atoms with Crippen LogP contribution in [-0.2, 0) is 13.0 Å². The largest absolute Gasteiger partial charge is 0.424 e. The Morgan fingerprint density at radius 3 is 2.91 bits per heavy atom. The summed E-state index contributed by atoms with van der Waals surface area (Å²) in [5.41, 5.74) is 2.34. The first-order valence-corrected chi connectivity index (χ1v) is 6.66. The summed E-state index contributed by atoms with van der Waals surface area (Å²) < 4.78 is 31.2. The molecule has 0 aliphatic carbocycles. The molecule has 0 radical (unpaired) electrons. The summed E-state index contributed by atoms with van der Waals surface area (Å²) in [6, 6.07) is 1.87. The van der Waals surface area contributed by atoms with Crippen molar-refractivity contribution < 1.29 is 13.2 Å². The van der Waals surface area contributed by atoms with Gasteiger partial charge in [-0.05, 0) is 24.1 Å². The second kappa shape index (κ2) is 6.00. The van der Waals surface area contributed by atoms with Crippen LogP contribution in [0.15, 0.2) is 35.0 Å². The van der Waals surface area contributed by atoms with Gasteiger partial charge < -0.3 is 4.42 Å². The van der Waals surface area contributed by atoms with E-state index in [0.717, 1.165) is 22.7 Å². The van der Waals surface area contributed by atoms with Gasteiger partial charge in [0.1, 0.15) is 12.1 Å². The summed E-state index contributed by atoms with van der Waals surface area (Å²) in [6.07, 6.45) is 3.53. The Morgan fingerprint density at radius 2 is 2.18 bits per heavy atom. The molecule has 0 N–H and O–H groups in total. The third-order valence-electron chi connectivity index (χ3n) is 3.04. The number of pyridine rings is 1. The van der Waals surface area contributed by atoms with E-state index in [-0.39, 0.29) is 0 Å². The number of hydrogen-bond acceptors (Lipinski definition) is 5. The molecule has 0 unspecified atom stereocenters. The lowest BCUT2D eigenvalue weighted by Gasteiger charge is -2.01. The fraction of sp³-hybridized carbons (Fsp3) is 0.286. The Kier molecular flexibility index (Phi) is 3.90. The number of nitrogens with zero attached hydrogens (tertiary/aromatic N) is 5. The molecule has 3 aromatic rings. The first kappa shape index (κ1) is 14.3. The van der Waals surface area contributed by atoms with Crippen molar-refractivity contribution in [3.8, 4) is 0 Å². The van der Waals surface area contributed by atoms with Gasteiger partial charge in [-0.25, -0.2) is 8.78 Å². The van der Waals surface area contributed by atoms with Gasteiger partial charge in [-0.15, -0.1) is 10.2 Å². The maximum Gasteiger partial charge on any atom is 0.257 e. The van der Waals surface area contributed by atoms with E-state index in [2.05, 4.69) is 20.3 Å².